The first-order chi connectivity index (χ1) is 17.7. The summed E-state index contributed by atoms with van der Waals surface area (Å²) in [5.74, 6) is 0.536. The molecule has 0 spiro atoms. The molecular formula is C26H34FN7O3. The van der Waals surface area contributed by atoms with Crippen LogP contribution in [0.15, 0.2) is 36.5 Å². The zero-order valence-corrected chi connectivity index (χ0v) is 21.9. The number of carbonyl (C=O) groups excluding carboxylic acids is 1. The molecule has 0 bridgehead atoms. The van der Waals surface area contributed by atoms with E-state index in [1.165, 1.54) is 17.0 Å². The maximum atomic E-state index is 13.6. The Hall–Kier alpha value is -3.41. The van der Waals surface area contributed by atoms with E-state index in [2.05, 4.69) is 25.2 Å². The number of halogens is 1. The van der Waals surface area contributed by atoms with Gasteiger partial charge in [0.05, 0.1) is 35.7 Å². The summed E-state index contributed by atoms with van der Waals surface area (Å²) in [4.78, 5) is 33.3. The lowest BCUT2D eigenvalue weighted by atomic mass is 9.90. The van der Waals surface area contributed by atoms with E-state index in [1.54, 1.807) is 38.5 Å². The van der Waals surface area contributed by atoms with Crippen LogP contribution in [-0.4, -0.2) is 90.1 Å². The summed E-state index contributed by atoms with van der Waals surface area (Å²) in [6, 6.07) is 7.88. The number of aromatic amines is 1. The molecule has 0 aliphatic carbocycles. The highest BCUT2D eigenvalue weighted by molar-refractivity contribution is 5.82. The van der Waals surface area contributed by atoms with Crippen molar-refractivity contribution in [2.24, 2.45) is 5.41 Å². The number of nitrogens with one attached hydrogen (secondary N) is 2. The largest absolute Gasteiger partial charge is 0.354 e. The van der Waals surface area contributed by atoms with Crippen molar-refractivity contribution < 1.29 is 18.7 Å². The Bertz CT molecular complexity index is 1210. The number of hydrogen-bond donors (Lipinski definition) is 2. The molecule has 3 aromatic rings. The van der Waals surface area contributed by atoms with Crippen molar-refractivity contribution in [1.29, 1.82) is 0 Å². The highest BCUT2D eigenvalue weighted by Crippen LogP contribution is 2.36. The fraction of sp³-hybridized carbons (Fsp3) is 0.462. The minimum atomic E-state index is -0.790. The predicted octanol–water partition coefficient (Wildman–Crippen LogP) is 3.18. The molecule has 0 atom stereocenters. The summed E-state index contributed by atoms with van der Waals surface area (Å²) in [5.41, 5.74) is 1.75. The van der Waals surface area contributed by atoms with Crippen LogP contribution >= 0.6 is 0 Å². The van der Waals surface area contributed by atoms with Crippen LogP contribution in [0.25, 0.3) is 22.6 Å². The van der Waals surface area contributed by atoms with Crippen LogP contribution in [0, 0.1) is 11.2 Å². The van der Waals surface area contributed by atoms with Gasteiger partial charge in [-0.2, -0.15) is 0 Å². The zero-order valence-electron chi connectivity index (χ0n) is 21.9. The minimum absolute atomic E-state index is 0.0651. The zero-order chi connectivity index (χ0) is 26.6. The van der Waals surface area contributed by atoms with Gasteiger partial charge in [0.25, 0.3) is 0 Å². The van der Waals surface area contributed by atoms with Gasteiger partial charge < -0.3 is 29.6 Å². The molecule has 2 N–H and O–H groups in total. The molecule has 4 rings (SSSR count). The fourth-order valence-electron chi connectivity index (χ4n) is 4.11. The first kappa shape index (κ1) is 26.6. The molecule has 198 valence electrons. The molecule has 37 heavy (non-hydrogen) atoms. The molecule has 0 saturated carbocycles. The van der Waals surface area contributed by atoms with Crippen molar-refractivity contribution in [1.82, 2.24) is 29.7 Å². The van der Waals surface area contributed by atoms with Gasteiger partial charge in [-0.15, -0.1) is 0 Å². The molecular weight excluding hydrogens is 477 g/mol. The van der Waals surface area contributed by atoms with E-state index >= 15 is 0 Å². The predicted molar refractivity (Wildman–Crippen MR) is 138 cm³/mol. The maximum Gasteiger partial charge on any atom is 0.232 e. The first-order valence-electron chi connectivity index (χ1n) is 12.2. The lowest BCUT2D eigenvalue weighted by Crippen LogP contribution is -2.48. The molecule has 0 unspecified atom stereocenters. The molecule has 3 heterocycles. The van der Waals surface area contributed by atoms with E-state index in [9.17, 15) is 9.18 Å². The number of anilines is 1. The van der Waals surface area contributed by atoms with E-state index in [4.69, 9.17) is 14.5 Å². The topological polar surface area (TPSA) is 108 Å². The number of imidazole rings is 1. The van der Waals surface area contributed by atoms with Gasteiger partial charge in [-0.05, 0) is 64.3 Å². The van der Waals surface area contributed by atoms with Crippen LogP contribution in [0.2, 0.25) is 0 Å². The van der Waals surface area contributed by atoms with Gasteiger partial charge in [0.15, 0.2) is 5.82 Å². The Kier molecular flexibility index (Phi) is 8.16. The average molecular weight is 512 g/mol. The average Bonchev–Trinajstić information content (AvgIpc) is 3.32. The summed E-state index contributed by atoms with van der Waals surface area (Å²) in [7, 11) is 7.48. The molecule has 2 aromatic heterocycles. The van der Waals surface area contributed by atoms with Gasteiger partial charge in [0, 0.05) is 32.4 Å². The molecule has 1 amide bonds. The molecule has 10 nitrogen and oxygen atoms in total. The SMILES string of the molecule is CN(C)CCCNc1nccc(-c2[nH]c(C3OCC(C)(C(=O)N(C)C)CO3)nc2-c2ccc(F)cc2)n1. The fourth-order valence-corrected chi connectivity index (χ4v) is 4.11. The second kappa shape index (κ2) is 11.3. The lowest BCUT2D eigenvalue weighted by Gasteiger charge is -2.36. The van der Waals surface area contributed by atoms with Crippen LogP contribution in [-0.2, 0) is 14.3 Å². The Morgan fingerprint density at radius 2 is 1.84 bits per heavy atom. The first-order valence-corrected chi connectivity index (χ1v) is 12.2. The van der Waals surface area contributed by atoms with Gasteiger partial charge in [-0.3, -0.25) is 4.79 Å². The van der Waals surface area contributed by atoms with E-state index in [-0.39, 0.29) is 24.9 Å². The Morgan fingerprint density at radius 1 is 1.14 bits per heavy atom. The summed E-state index contributed by atoms with van der Waals surface area (Å²) in [5, 5.41) is 3.26. The number of nitrogens with zero attached hydrogens (tertiary/aromatic N) is 5. The van der Waals surface area contributed by atoms with Crippen molar-refractivity contribution in [2.75, 3.05) is 59.8 Å². The highest BCUT2D eigenvalue weighted by atomic mass is 19.1. The molecule has 1 fully saturated rings. The monoisotopic (exact) mass is 511 g/mol. The number of rotatable bonds is 9. The standard InChI is InChI=1S/C26H34FN7O3/c1-26(24(35)34(4)5)15-36-23(37-16-26)22-31-20(17-7-9-18(27)10-8-17)21(32-22)19-11-13-29-25(30-19)28-12-6-14-33(2)3/h7-11,13,23H,6,12,14-16H2,1-5H3,(H,31,32)(H,28,29,30). The highest BCUT2D eigenvalue weighted by Gasteiger charge is 2.41. The van der Waals surface area contributed by atoms with E-state index in [1.807, 2.05) is 21.0 Å². The van der Waals surface area contributed by atoms with Crippen LogP contribution in [0.1, 0.15) is 25.5 Å². The van der Waals surface area contributed by atoms with Crippen LogP contribution < -0.4 is 5.32 Å². The van der Waals surface area contributed by atoms with Crippen LogP contribution in [0.3, 0.4) is 0 Å². The summed E-state index contributed by atoms with van der Waals surface area (Å²) >= 11 is 0. The van der Waals surface area contributed by atoms with E-state index in [0.29, 0.717) is 34.4 Å². The second-order valence-electron chi connectivity index (χ2n) is 9.92. The van der Waals surface area contributed by atoms with Gasteiger partial charge in [-0.25, -0.2) is 19.3 Å². The molecule has 11 heteroatoms. The number of H-pyrrole nitrogens is 1. The second-order valence-corrected chi connectivity index (χ2v) is 9.92. The molecule has 1 saturated heterocycles. The van der Waals surface area contributed by atoms with Crippen molar-refractivity contribution in [3.8, 4) is 22.6 Å². The van der Waals surface area contributed by atoms with Gasteiger partial charge in [0.2, 0.25) is 18.1 Å². The molecule has 1 aliphatic rings. The molecule has 1 aliphatic heterocycles. The van der Waals surface area contributed by atoms with Crippen LogP contribution in [0.5, 0.6) is 0 Å². The molecule has 1 aromatic carbocycles. The number of hydrogen-bond acceptors (Lipinski definition) is 8. The third-order valence-corrected chi connectivity index (χ3v) is 6.07. The van der Waals surface area contributed by atoms with Gasteiger partial charge >= 0.3 is 0 Å². The van der Waals surface area contributed by atoms with Gasteiger partial charge in [0.1, 0.15) is 5.82 Å². The van der Waals surface area contributed by atoms with Gasteiger partial charge in [-0.1, -0.05) is 0 Å². The number of carbonyl (C=O) groups is 1. The smallest absolute Gasteiger partial charge is 0.232 e. The number of ether oxygens (including phenoxy) is 2. The summed E-state index contributed by atoms with van der Waals surface area (Å²) < 4.78 is 25.5. The lowest BCUT2D eigenvalue weighted by molar-refractivity contribution is -0.233. The minimum Gasteiger partial charge on any atom is -0.354 e. The Morgan fingerprint density at radius 3 is 2.49 bits per heavy atom. The Balaban J connectivity index is 1.61. The number of benzene rings is 1. The quantitative estimate of drug-likeness (QED) is 0.422. The normalized spacial score (nSPS) is 19.7. The summed E-state index contributed by atoms with van der Waals surface area (Å²) in [6.45, 7) is 3.87. The van der Waals surface area contributed by atoms with Crippen LogP contribution in [0.4, 0.5) is 10.3 Å². The van der Waals surface area contributed by atoms with Crippen molar-refractivity contribution in [3.05, 3.63) is 48.2 Å². The maximum absolute atomic E-state index is 13.6. The van der Waals surface area contributed by atoms with E-state index < -0.39 is 11.7 Å². The van der Waals surface area contributed by atoms with Crippen molar-refractivity contribution in [2.45, 2.75) is 19.6 Å². The summed E-state index contributed by atoms with van der Waals surface area (Å²) in [6.07, 6.45) is 1.83. The molecule has 0 radical (unpaired) electrons. The number of amides is 1. The number of aromatic nitrogens is 4. The van der Waals surface area contributed by atoms with E-state index in [0.717, 1.165) is 19.5 Å². The third-order valence-electron chi connectivity index (χ3n) is 6.07. The van der Waals surface area contributed by atoms with Crippen molar-refractivity contribution >= 4 is 11.9 Å². The third kappa shape index (κ3) is 6.30. The Labute approximate surface area is 216 Å². The van der Waals surface area contributed by atoms with Crippen molar-refractivity contribution in [3.63, 3.8) is 0 Å².